The van der Waals surface area contributed by atoms with Gasteiger partial charge in [-0.25, -0.2) is 0 Å². The highest BCUT2D eigenvalue weighted by atomic mass is 79.9. The maximum atomic E-state index is 5.84. The molecule has 2 rings (SSSR count). The number of nitrogen functional groups attached to an aromatic ring is 1. The van der Waals surface area contributed by atoms with Crippen molar-refractivity contribution < 1.29 is 0 Å². The van der Waals surface area contributed by atoms with E-state index < -0.39 is 0 Å². The molecule has 0 radical (unpaired) electrons. The monoisotopic (exact) mass is 262 g/mol. The Morgan fingerprint density at radius 1 is 0.867 bits per heavy atom. The third-order valence-electron chi connectivity index (χ3n) is 2.10. The highest BCUT2D eigenvalue weighted by Crippen LogP contribution is 2.27. The molecule has 0 unspecified atom stereocenters. The van der Waals surface area contributed by atoms with Crippen LogP contribution in [0.1, 0.15) is 0 Å². The Labute approximate surface area is 97.2 Å². The normalized spacial score (nSPS) is 9.93. The molecule has 0 bridgehead atoms. The maximum absolute atomic E-state index is 5.84. The van der Waals surface area contributed by atoms with Crippen LogP contribution in [0.3, 0.4) is 0 Å². The Hall–Kier alpha value is -1.48. The van der Waals surface area contributed by atoms with Crippen LogP contribution in [0.5, 0.6) is 0 Å². The van der Waals surface area contributed by atoms with E-state index in [-0.39, 0.29) is 0 Å². The Morgan fingerprint density at radius 3 is 2.13 bits per heavy atom. The minimum Gasteiger partial charge on any atom is -0.397 e. The highest BCUT2D eigenvalue weighted by molar-refractivity contribution is 9.10. The van der Waals surface area contributed by atoms with Gasteiger partial charge in [0, 0.05) is 4.47 Å². The molecule has 3 heteroatoms. The highest BCUT2D eigenvalue weighted by Gasteiger charge is 2.00. The summed E-state index contributed by atoms with van der Waals surface area (Å²) in [5.41, 5.74) is 8.51. The summed E-state index contributed by atoms with van der Waals surface area (Å²) in [4.78, 5) is 0. The SMILES string of the molecule is Nc1ccccc1Nc1ccccc1Br. The van der Waals surface area contributed by atoms with E-state index in [2.05, 4.69) is 21.2 Å². The lowest BCUT2D eigenvalue weighted by atomic mass is 10.2. The van der Waals surface area contributed by atoms with E-state index in [9.17, 15) is 0 Å². The lowest BCUT2D eigenvalue weighted by Crippen LogP contribution is -1.95. The fraction of sp³-hybridized carbons (Fsp3) is 0. The first-order chi connectivity index (χ1) is 7.27. The number of nitrogens with two attached hydrogens (primary N) is 1. The number of hydrogen-bond donors (Lipinski definition) is 2. The Kier molecular flexibility index (Phi) is 2.92. The maximum Gasteiger partial charge on any atom is 0.0618 e. The molecule has 0 aromatic heterocycles. The van der Waals surface area contributed by atoms with Gasteiger partial charge in [0.15, 0.2) is 0 Å². The average molecular weight is 263 g/mol. The van der Waals surface area contributed by atoms with Crippen LogP contribution in [-0.2, 0) is 0 Å². The second-order valence-corrected chi connectivity index (χ2v) is 4.05. The molecule has 0 atom stereocenters. The van der Waals surface area contributed by atoms with Crippen molar-refractivity contribution in [3.05, 3.63) is 53.0 Å². The van der Waals surface area contributed by atoms with E-state index in [0.29, 0.717) is 0 Å². The van der Waals surface area contributed by atoms with Gasteiger partial charge in [-0.3, -0.25) is 0 Å². The second-order valence-electron chi connectivity index (χ2n) is 3.19. The zero-order chi connectivity index (χ0) is 10.7. The molecule has 2 aromatic rings. The molecule has 0 aliphatic heterocycles. The number of hydrogen-bond acceptors (Lipinski definition) is 2. The minimum atomic E-state index is 0.744. The molecule has 2 aromatic carbocycles. The van der Waals surface area contributed by atoms with Crippen molar-refractivity contribution in [1.82, 2.24) is 0 Å². The lowest BCUT2D eigenvalue weighted by Gasteiger charge is -2.10. The predicted molar refractivity (Wildman–Crippen MR) is 68.3 cm³/mol. The second kappa shape index (κ2) is 4.36. The van der Waals surface area contributed by atoms with Gasteiger partial charge in [0.05, 0.1) is 17.1 Å². The van der Waals surface area contributed by atoms with E-state index in [4.69, 9.17) is 5.73 Å². The molecule has 76 valence electrons. The lowest BCUT2D eigenvalue weighted by molar-refractivity contribution is 1.52. The van der Waals surface area contributed by atoms with Crippen molar-refractivity contribution in [1.29, 1.82) is 0 Å². The van der Waals surface area contributed by atoms with Gasteiger partial charge in [-0.15, -0.1) is 0 Å². The van der Waals surface area contributed by atoms with E-state index in [1.807, 2.05) is 48.5 Å². The van der Waals surface area contributed by atoms with Crippen molar-refractivity contribution in [2.24, 2.45) is 0 Å². The number of halogens is 1. The summed E-state index contributed by atoms with van der Waals surface area (Å²) in [5.74, 6) is 0. The van der Waals surface area contributed by atoms with E-state index in [0.717, 1.165) is 21.5 Å². The van der Waals surface area contributed by atoms with Crippen LogP contribution in [-0.4, -0.2) is 0 Å². The molecule has 0 saturated heterocycles. The summed E-state index contributed by atoms with van der Waals surface area (Å²) in [5, 5.41) is 3.27. The first-order valence-corrected chi connectivity index (χ1v) is 5.43. The molecule has 15 heavy (non-hydrogen) atoms. The number of rotatable bonds is 2. The van der Waals surface area contributed by atoms with Crippen molar-refractivity contribution in [2.75, 3.05) is 11.1 Å². The van der Waals surface area contributed by atoms with Crippen LogP contribution in [0.25, 0.3) is 0 Å². The molecule has 0 heterocycles. The van der Waals surface area contributed by atoms with Crippen LogP contribution in [0.15, 0.2) is 53.0 Å². The van der Waals surface area contributed by atoms with Crippen molar-refractivity contribution in [2.45, 2.75) is 0 Å². The van der Waals surface area contributed by atoms with E-state index in [1.165, 1.54) is 0 Å². The third kappa shape index (κ3) is 2.30. The van der Waals surface area contributed by atoms with E-state index in [1.54, 1.807) is 0 Å². The summed E-state index contributed by atoms with van der Waals surface area (Å²) in [7, 11) is 0. The Bertz CT molecular complexity index is 425. The Morgan fingerprint density at radius 2 is 1.47 bits per heavy atom. The molecule has 0 aliphatic rings. The van der Waals surface area contributed by atoms with Crippen LogP contribution in [0.2, 0.25) is 0 Å². The van der Waals surface area contributed by atoms with Gasteiger partial charge >= 0.3 is 0 Å². The van der Waals surface area contributed by atoms with Crippen LogP contribution < -0.4 is 11.1 Å². The molecule has 0 saturated carbocycles. The fourth-order valence-electron chi connectivity index (χ4n) is 1.32. The number of anilines is 3. The molecule has 3 N–H and O–H groups in total. The van der Waals surface area contributed by atoms with Gasteiger partial charge in [-0.2, -0.15) is 0 Å². The minimum absolute atomic E-state index is 0.744. The molecular formula is C12H11BrN2. The first-order valence-electron chi connectivity index (χ1n) is 4.63. The van der Waals surface area contributed by atoms with Gasteiger partial charge in [-0.05, 0) is 40.2 Å². The van der Waals surface area contributed by atoms with Gasteiger partial charge in [-0.1, -0.05) is 24.3 Å². The zero-order valence-corrected chi connectivity index (χ0v) is 9.66. The standard InChI is InChI=1S/C12H11BrN2/c13-9-5-1-3-7-11(9)15-12-8-4-2-6-10(12)14/h1-8,15H,14H2. The summed E-state index contributed by atoms with van der Waals surface area (Å²) in [6, 6.07) is 15.6. The van der Waals surface area contributed by atoms with Gasteiger partial charge in [0.2, 0.25) is 0 Å². The van der Waals surface area contributed by atoms with Gasteiger partial charge in [0.25, 0.3) is 0 Å². The van der Waals surface area contributed by atoms with Gasteiger partial charge in [0.1, 0.15) is 0 Å². The first kappa shape index (κ1) is 10.1. The van der Waals surface area contributed by atoms with Crippen molar-refractivity contribution in [3.8, 4) is 0 Å². The fourth-order valence-corrected chi connectivity index (χ4v) is 1.70. The molecule has 0 aliphatic carbocycles. The summed E-state index contributed by atoms with van der Waals surface area (Å²) in [6.45, 7) is 0. The van der Waals surface area contributed by atoms with Crippen molar-refractivity contribution in [3.63, 3.8) is 0 Å². The van der Waals surface area contributed by atoms with Crippen LogP contribution in [0, 0.1) is 0 Å². The van der Waals surface area contributed by atoms with E-state index >= 15 is 0 Å². The number of nitrogens with one attached hydrogen (secondary N) is 1. The van der Waals surface area contributed by atoms with Gasteiger partial charge < -0.3 is 11.1 Å². The number of benzene rings is 2. The molecule has 2 nitrogen and oxygen atoms in total. The zero-order valence-electron chi connectivity index (χ0n) is 8.07. The summed E-state index contributed by atoms with van der Waals surface area (Å²) in [6.07, 6.45) is 0. The van der Waals surface area contributed by atoms with Crippen LogP contribution in [0.4, 0.5) is 17.1 Å². The third-order valence-corrected chi connectivity index (χ3v) is 2.80. The predicted octanol–water partition coefficient (Wildman–Crippen LogP) is 3.77. The molecule has 0 fully saturated rings. The summed E-state index contributed by atoms with van der Waals surface area (Å²) < 4.78 is 1.02. The molecular weight excluding hydrogens is 252 g/mol. The van der Waals surface area contributed by atoms with Crippen molar-refractivity contribution >= 4 is 33.0 Å². The summed E-state index contributed by atoms with van der Waals surface area (Å²) >= 11 is 3.47. The smallest absolute Gasteiger partial charge is 0.0618 e. The van der Waals surface area contributed by atoms with Crippen LogP contribution >= 0.6 is 15.9 Å². The largest absolute Gasteiger partial charge is 0.397 e. The molecule has 0 amide bonds. The Balaban J connectivity index is 2.30. The topological polar surface area (TPSA) is 38.0 Å². The number of para-hydroxylation sites is 3. The average Bonchev–Trinajstić information content (AvgIpc) is 2.24. The quantitative estimate of drug-likeness (QED) is 0.809. The molecule has 0 spiro atoms.